The van der Waals surface area contributed by atoms with E-state index in [0.29, 0.717) is 37.1 Å². The fourth-order valence-electron chi connectivity index (χ4n) is 3.23. The van der Waals surface area contributed by atoms with Gasteiger partial charge in [-0.2, -0.15) is 5.26 Å². The van der Waals surface area contributed by atoms with Gasteiger partial charge < -0.3 is 10.1 Å². The van der Waals surface area contributed by atoms with Crippen LogP contribution in [-0.4, -0.2) is 11.9 Å². The van der Waals surface area contributed by atoms with Crippen LogP contribution in [0.4, 0.5) is 10.5 Å². The van der Waals surface area contributed by atoms with Gasteiger partial charge in [0.15, 0.2) is 5.75 Å². The number of carbonyl (C=O) groups excluding carboxylic acids is 2. The summed E-state index contributed by atoms with van der Waals surface area (Å²) in [5.74, 6) is -0.0980. The van der Waals surface area contributed by atoms with Crippen LogP contribution in [0.1, 0.15) is 16.7 Å². The third kappa shape index (κ3) is 4.88. The van der Waals surface area contributed by atoms with E-state index in [1.165, 1.54) is 6.08 Å². The van der Waals surface area contributed by atoms with E-state index < -0.39 is 11.9 Å². The van der Waals surface area contributed by atoms with Crippen molar-refractivity contribution < 1.29 is 14.3 Å². The zero-order chi connectivity index (χ0) is 23.5. The lowest BCUT2D eigenvalue weighted by Crippen LogP contribution is -2.30. The van der Waals surface area contributed by atoms with Gasteiger partial charge in [0.2, 0.25) is 0 Å². The second kappa shape index (κ2) is 9.67. The Hall–Kier alpha value is -3.31. The van der Waals surface area contributed by atoms with Gasteiger partial charge in [-0.1, -0.05) is 41.4 Å². The molecule has 0 unspecified atom stereocenters. The highest BCUT2D eigenvalue weighted by Gasteiger charge is 2.34. The molecule has 3 amide bonds. The molecule has 0 spiro atoms. The van der Waals surface area contributed by atoms with Crippen molar-refractivity contribution in [2.75, 3.05) is 4.90 Å². The summed E-state index contributed by atoms with van der Waals surface area (Å²) >= 11 is 15.7. The monoisotopic (exact) mass is 541 g/mol. The molecule has 9 heteroatoms. The number of amides is 3. The largest absolute Gasteiger partial charge is 0.486 e. The molecule has 33 heavy (non-hydrogen) atoms. The van der Waals surface area contributed by atoms with Gasteiger partial charge in [0, 0.05) is 10.6 Å². The fourth-order valence-corrected chi connectivity index (χ4v) is 4.35. The van der Waals surface area contributed by atoms with Gasteiger partial charge in [0.1, 0.15) is 12.3 Å². The quantitative estimate of drug-likeness (QED) is 0.303. The highest BCUT2D eigenvalue weighted by molar-refractivity contribution is 9.10. The highest BCUT2D eigenvalue weighted by Crippen LogP contribution is 2.36. The van der Waals surface area contributed by atoms with Crippen LogP contribution in [0, 0.1) is 11.3 Å². The van der Waals surface area contributed by atoms with Crippen molar-refractivity contribution in [3.05, 3.63) is 97.6 Å². The molecule has 4 rings (SSSR count). The minimum Gasteiger partial charge on any atom is -0.486 e. The molecular formula is C24H14BrCl2N3O3. The van der Waals surface area contributed by atoms with Crippen molar-refractivity contribution in [1.29, 1.82) is 5.26 Å². The van der Waals surface area contributed by atoms with E-state index >= 15 is 0 Å². The van der Waals surface area contributed by atoms with Gasteiger partial charge in [-0.15, -0.1) is 0 Å². The third-order valence-electron chi connectivity index (χ3n) is 4.80. The number of imide groups is 1. The highest BCUT2D eigenvalue weighted by atomic mass is 79.9. The van der Waals surface area contributed by atoms with Crippen LogP contribution in [-0.2, 0) is 11.4 Å². The lowest BCUT2D eigenvalue weighted by molar-refractivity contribution is -0.113. The Balaban J connectivity index is 1.55. The lowest BCUT2D eigenvalue weighted by atomic mass is 10.1. The summed E-state index contributed by atoms with van der Waals surface area (Å²) in [5.41, 5.74) is 2.35. The first kappa shape index (κ1) is 22.9. The van der Waals surface area contributed by atoms with E-state index in [9.17, 15) is 14.9 Å². The van der Waals surface area contributed by atoms with E-state index in [1.807, 2.05) is 6.07 Å². The van der Waals surface area contributed by atoms with Crippen molar-refractivity contribution in [2.45, 2.75) is 6.61 Å². The predicted molar refractivity (Wildman–Crippen MR) is 130 cm³/mol. The maximum absolute atomic E-state index is 12.8. The van der Waals surface area contributed by atoms with Crippen LogP contribution in [0.2, 0.25) is 10.0 Å². The van der Waals surface area contributed by atoms with E-state index in [1.54, 1.807) is 54.6 Å². The summed E-state index contributed by atoms with van der Waals surface area (Å²) in [6.07, 6.45) is 1.53. The van der Waals surface area contributed by atoms with Gasteiger partial charge in [-0.05, 0) is 70.0 Å². The number of benzene rings is 3. The molecule has 1 heterocycles. The maximum Gasteiger partial charge on any atom is 0.333 e. The number of urea groups is 1. The minimum atomic E-state index is -0.560. The van der Waals surface area contributed by atoms with Crippen LogP contribution in [0.25, 0.3) is 6.08 Å². The van der Waals surface area contributed by atoms with Crippen LogP contribution < -0.4 is 15.0 Å². The molecule has 0 aliphatic carbocycles. The molecule has 3 aromatic rings. The smallest absolute Gasteiger partial charge is 0.333 e. The van der Waals surface area contributed by atoms with Crippen LogP contribution in [0.3, 0.4) is 0 Å². The Labute approximate surface area is 208 Å². The summed E-state index contributed by atoms with van der Waals surface area (Å²) in [4.78, 5) is 26.2. The summed E-state index contributed by atoms with van der Waals surface area (Å²) < 4.78 is 6.40. The van der Waals surface area contributed by atoms with E-state index in [0.717, 1.165) is 10.5 Å². The zero-order valence-electron chi connectivity index (χ0n) is 16.8. The number of hydrogen-bond donors (Lipinski definition) is 1. The molecule has 0 aromatic heterocycles. The number of carbonyl (C=O) groups is 2. The molecule has 0 bridgehead atoms. The first-order valence-corrected chi connectivity index (χ1v) is 11.1. The summed E-state index contributed by atoms with van der Waals surface area (Å²) in [6.45, 7) is 0.160. The number of nitriles is 1. The van der Waals surface area contributed by atoms with Crippen molar-refractivity contribution in [3.8, 4) is 11.8 Å². The Kier molecular flexibility index (Phi) is 6.70. The molecule has 0 atom stereocenters. The Morgan fingerprint density at radius 2 is 1.82 bits per heavy atom. The lowest BCUT2D eigenvalue weighted by Gasteiger charge is -2.12. The number of nitrogens with one attached hydrogen (secondary N) is 1. The molecule has 6 nitrogen and oxygen atoms in total. The van der Waals surface area contributed by atoms with E-state index in [2.05, 4.69) is 27.3 Å². The zero-order valence-corrected chi connectivity index (χ0v) is 19.9. The molecule has 1 fully saturated rings. The average molecular weight is 543 g/mol. The first-order chi connectivity index (χ1) is 15.9. The number of anilines is 1. The molecule has 1 N–H and O–H groups in total. The normalized spacial score (nSPS) is 14.4. The molecule has 0 radical (unpaired) electrons. The van der Waals surface area contributed by atoms with Gasteiger partial charge in [0.05, 0.1) is 26.8 Å². The van der Waals surface area contributed by atoms with Gasteiger partial charge in [-0.3, -0.25) is 4.79 Å². The standard InChI is InChI=1S/C24H14BrCl2N3O3/c25-19-9-14(10-20(27)22(19)33-13-16-4-2-1-3-15(16)12-28)11-21-23(31)30(24(32)29-21)18-7-5-17(26)6-8-18/h1-11H,13H2,(H,29,32)/b21-11+. The summed E-state index contributed by atoms with van der Waals surface area (Å²) in [7, 11) is 0. The number of hydrogen-bond acceptors (Lipinski definition) is 4. The van der Waals surface area contributed by atoms with Gasteiger partial charge >= 0.3 is 6.03 Å². The number of halogens is 3. The summed E-state index contributed by atoms with van der Waals surface area (Å²) in [5, 5.41) is 12.6. The van der Waals surface area contributed by atoms with Crippen LogP contribution in [0.5, 0.6) is 5.75 Å². The Morgan fingerprint density at radius 1 is 1.09 bits per heavy atom. The van der Waals surface area contributed by atoms with Crippen molar-refractivity contribution >= 4 is 62.8 Å². The SMILES string of the molecule is N#Cc1ccccc1COc1c(Cl)cc(/C=C2/NC(=O)N(c3ccc(Cl)cc3)C2=O)cc1Br. The van der Waals surface area contributed by atoms with E-state index in [4.69, 9.17) is 27.9 Å². The van der Waals surface area contributed by atoms with E-state index in [-0.39, 0.29) is 12.3 Å². The molecule has 3 aromatic carbocycles. The minimum absolute atomic E-state index is 0.106. The van der Waals surface area contributed by atoms with Crippen molar-refractivity contribution in [3.63, 3.8) is 0 Å². The second-order valence-electron chi connectivity index (χ2n) is 6.98. The van der Waals surface area contributed by atoms with Crippen LogP contribution >= 0.6 is 39.1 Å². The Bertz CT molecular complexity index is 1310. The average Bonchev–Trinajstić information content (AvgIpc) is 3.07. The fraction of sp³-hybridized carbons (Fsp3) is 0.0417. The molecule has 0 saturated carbocycles. The van der Waals surface area contributed by atoms with Gasteiger partial charge in [0.25, 0.3) is 5.91 Å². The topological polar surface area (TPSA) is 82.4 Å². The number of ether oxygens (including phenoxy) is 1. The maximum atomic E-state index is 12.8. The molecule has 164 valence electrons. The third-order valence-corrected chi connectivity index (χ3v) is 5.93. The summed E-state index contributed by atoms with van der Waals surface area (Å²) in [6, 6.07) is 18.4. The predicted octanol–water partition coefficient (Wildman–Crippen LogP) is 6.30. The number of nitrogens with zero attached hydrogens (tertiary/aromatic N) is 2. The molecular weight excluding hydrogens is 529 g/mol. The Morgan fingerprint density at radius 3 is 2.52 bits per heavy atom. The first-order valence-electron chi connectivity index (χ1n) is 9.60. The second-order valence-corrected chi connectivity index (χ2v) is 8.67. The molecule has 1 aliphatic heterocycles. The van der Waals surface area contributed by atoms with Crippen molar-refractivity contribution in [1.82, 2.24) is 5.32 Å². The van der Waals surface area contributed by atoms with Crippen LogP contribution in [0.15, 0.2) is 70.8 Å². The number of rotatable bonds is 5. The van der Waals surface area contributed by atoms with Gasteiger partial charge in [-0.25, -0.2) is 9.69 Å². The van der Waals surface area contributed by atoms with Crippen molar-refractivity contribution in [2.24, 2.45) is 0 Å². The molecule has 1 aliphatic rings. The molecule has 1 saturated heterocycles.